The monoisotopic (exact) mass is 201 g/mol. The summed E-state index contributed by atoms with van der Waals surface area (Å²) in [6.07, 6.45) is 2.83. The Bertz CT molecular complexity index is 178. The maximum absolute atomic E-state index is 11.2. The predicted octanol–water partition coefficient (Wildman–Crippen LogP) is 0.300. The Labute approximate surface area is 84.6 Å². The van der Waals surface area contributed by atoms with Crippen molar-refractivity contribution in [1.29, 1.82) is 0 Å². The summed E-state index contributed by atoms with van der Waals surface area (Å²) in [4.78, 5) is 11.2. The molecular weight excluding hydrogens is 182 g/mol. The van der Waals surface area contributed by atoms with E-state index in [1.54, 1.807) is 7.11 Å². The van der Waals surface area contributed by atoms with Gasteiger partial charge in [0.05, 0.1) is 6.10 Å². The van der Waals surface area contributed by atoms with Crippen LogP contribution in [0.5, 0.6) is 0 Å². The first-order valence-electron chi connectivity index (χ1n) is 5.16. The molecule has 0 aromatic carbocycles. The van der Waals surface area contributed by atoms with E-state index in [1.165, 1.54) is 0 Å². The van der Waals surface area contributed by atoms with Crippen molar-refractivity contribution in [3.63, 3.8) is 0 Å². The van der Waals surface area contributed by atoms with Crippen LogP contribution in [0.15, 0.2) is 0 Å². The van der Waals surface area contributed by atoms with Gasteiger partial charge >= 0.3 is 0 Å². The topological polar surface area (TPSA) is 58.6 Å². The molecule has 82 valence electrons. The van der Waals surface area contributed by atoms with Gasteiger partial charge in [0.2, 0.25) is 5.91 Å². The Balaban J connectivity index is 1.93. The molecule has 4 heteroatoms. The minimum absolute atomic E-state index is 0.0865. The largest absolute Gasteiger partial charge is 0.393 e. The van der Waals surface area contributed by atoms with Crippen LogP contribution < -0.4 is 5.32 Å². The minimum Gasteiger partial charge on any atom is -0.393 e. The third-order valence-corrected chi connectivity index (χ3v) is 2.55. The average Bonchev–Trinajstić information content (AvgIpc) is 2.11. The van der Waals surface area contributed by atoms with E-state index in [1.807, 2.05) is 0 Å². The summed E-state index contributed by atoms with van der Waals surface area (Å²) < 4.78 is 4.85. The van der Waals surface area contributed by atoms with Crippen LogP contribution in [-0.4, -0.2) is 37.4 Å². The third-order valence-electron chi connectivity index (χ3n) is 2.55. The summed E-state index contributed by atoms with van der Waals surface area (Å²) in [5, 5.41) is 11.9. The molecule has 0 aliphatic heterocycles. The van der Waals surface area contributed by atoms with Crippen LogP contribution in [-0.2, 0) is 9.53 Å². The van der Waals surface area contributed by atoms with Crippen LogP contribution >= 0.6 is 0 Å². The third kappa shape index (κ3) is 4.07. The number of amides is 1. The Morgan fingerprint density at radius 1 is 1.57 bits per heavy atom. The number of rotatable bonds is 6. The molecule has 0 aromatic rings. The molecule has 1 aliphatic carbocycles. The van der Waals surface area contributed by atoms with Gasteiger partial charge in [-0.15, -0.1) is 0 Å². The highest BCUT2D eigenvalue weighted by atomic mass is 16.5. The Hall–Kier alpha value is -0.610. The lowest BCUT2D eigenvalue weighted by Crippen LogP contribution is -2.38. The molecule has 0 atom stereocenters. The van der Waals surface area contributed by atoms with Crippen molar-refractivity contribution in [2.24, 2.45) is 5.92 Å². The van der Waals surface area contributed by atoms with E-state index in [2.05, 4.69) is 5.32 Å². The molecule has 1 rings (SSSR count). The van der Waals surface area contributed by atoms with E-state index >= 15 is 0 Å². The Kier molecular flexibility index (Phi) is 4.90. The molecule has 0 radical (unpaired) electrons. The van der Waals surface area contributed by atoms with E-state index in [9.17, 15) is 4.79 Å². The normalized spacial score (nSPS) is 25.6. The lowest BCUT2D eigenvalue weighted by molar-refractivity contribution is -0.122. The highest BCUT2D eigenvalue weighted by Gasteiger charge is 2.26. The summed E-state index contributed by atoms with van der Waals surface area (Å²) in [5.41, 5.74) is 0. The van der Waals surface area contributed by atoms with Crippen LogP contribution in [0.4, 0.5) is 0 Å². The van der Waals surface area contributed by atoms with Gasteiger partial charge in [0, 0.05) is 26.7 Å². The van der Waals surface area contributed by atoms with Crippen molar-refractivity contribution in [2.75, 3.05) is 20.3 Å². The van der Waals surface area contributed by atoms with Crippen molar-refractivity contribution < 1.29 is 14.6 Å². The standard InChI is InChI=1S/C10H19NO3/c1-14-4-2-3-10(13)11-7-8-5-9(12)6-8/h8-9,12H,2-7H2,1H3,(H,11,13). The number of ether oxygens (including phenoxy) is 1. The Morgan fingerprint density at radius 2 is 2.29 bits per heavy atom. The first-order valence-corrected chi connectivity index (χ1v) is 5.16. The average molecular weight is 201 g/mol. The molecule has 0 unspecified atom stereocenters. The van der Waals surface area contributed by atoms with Crippen molar-refractivity contribution in [3.8, 4) is 0 Å². The summed E-state index contributed by atoms with van der Waals surface area (Å²) >= 11 is 0. The van der Waals surface area contributed by atoms with E-state index in [0.717, 1.165) is 19.3 Å². The van der Waals surface area contributed by atoms with E-state index in [4.69, 9.17) is 9.84 Å². The van der Waals surface area contributed by atoms with Gasteiger partial charge in [-0.1, -0.05) is 0 Å². The number of aliphatic hydroxyl groups is 1. The maximum atomic E-state index is 11.2. The molecule has 0 spiro atoms. The molecule has 1 saturated carbocycles. The summed E-state index contributed by atoms with van der Waals surface area (Å²) in [6, 6.07) is 0. The number of nitrogens with one attached hydrogen (secondary N) is 1. The van der Waals surface area contributed by atoms with Gasteiger partial charge in [0.1, 0.15) is 0 Å². The molecule has 0 saturated heterocycles. The second-order valence-electron chi connectivity index (χ2n) is 3.89. The predicted molar refractivity (Wildman–Crippen MR) is 52.9 cm³/mol. The second kappa shape index (κ2) is 5.98. The van der Waals surface area contributed by atoms with Gasteiger partial charge in [-0.2, -0.15) is 0 Å². The summed E-state index contributed by atoms with van der Waals surface area (Å²) in [5.74, 6) is 0.569. The zero-order valence-electron chi connectivity index (χ0n) is 8.66. The highest BCUT2D eigenvalue weighted by Crippen LogP contribution is 2.25. The molecule has 14 heavy (non-hydrogen) atoms. The molecular formula is C10H19NO3. The fourth-order valence-electron chi connectivity index (χ4n) is 1.59. The number of carbonyl (C=O) groups is 1. The zero-order chi connectivity index (χ0) is 10.4. The highest BCUT2D eigenvalue weighted by molar-refractivity contribution is 5.75. The van der Waals surface area contributed by atoms with Crippen LogP contribution in [0.2, 0.25) is 0 Å². The first kappa shape index (κ1) is 11.5. The molecule has 2 N–H and O–H groups in total. The SMILES string of the molecule is COCCCC(=O)NCC1CC(O)C1. The molecule has 1 amide bonds. The lowest BCUT2D eigenvalue weighted by atomic mass is 9.82. The van der Waals surface area contributed by atoms with Gasteiger partial charge < -0.3 is 15.2 Å². The van der Waals surface area contributed by atoms with Crippen molar-refractivity contribution in [1.82, 2.24) is 5.32 Å². The van der Waals surface area contributed by atoms with Crippen molar-refractivity contribution >= 4 is 5.91 Å². The Morgan fingerprint density at radius 3 is 2.86 bits per heavy atom. The van der Waals surface area contributed by atoms with Gasteiger partial charge in [0.25, 0.3) is 0 Å². The smallest absolute Gasteiger partial charge is 0.220 e. The molecule has 1 fully saturated rings. The lowest BCUT2D eigenvalue weighted by Gasteiger charge is -2.31. The van der Waals surface area contributed by atoms with Crippen LogP contribution in [0.25, 0.3) is 0 Å². The van der Waals surface area contributed by atoms with Crippen LogP contribution in [0.1, 0.15) is 25.7 Å². The van der Waals surface area contributed by atoms with E-state index < -0.39 is 0 Å². The molecule has 4 nitrogen and oxygen atoms in total. The zero-order valence-corrected chi connectivity index (χ0v) is 8.66. The fraction of sp³-hybridized carbons (Fsp3) is 0.900. The number of methoxy groups -OCH3 is 1. The number of aliphatic hydroxyl groups excluding tert-OH is 1. The number of hydrogen-bond acceptors (Lipinski definition) is 3. The van der Waals surface area contributed by atoms with Gasteiger partial charge in [-0.25, -0.2) is 0 Å². The van der Waals surface area contributed by atoms with Crippen molar-refractivity contribution in [2.45, 2.75) is 31.8 Å². The van der Waals surface area contributed by atoms with Crippen molar-refractivity contribution in [3.05, 3.63) is 0 Å². The second-order valence-corrected chi connectivity index (χ2v) is 3.89. The van der Waals surface area contributed by atoms with Crippen LogP contribution in [0, 0.1) is 5.92 Å². The van der Waals surface area contributed by atoms with Gasteiger partial charge in [-0.3, -0.25) is 4.79 Å². The molecule has 1 aliphatic rings. The molecule has 0 heterocycles. The van der Waals surface area contributed by atoms with Crippen LogP contribution in [0.3, 0.4) is 0 Å². The summed E-state index contributed by atoms with van der Waals surface area (Å²) in [6.45, 7) is 1.35. The maximum Gasteiger partial charge on any atom is 0.220 e. The quantitative estimate of drug-likeness (QED) is 0.608. The summed E-state index contributed by atoms with van der Waals surface area (Å²) in [7, 11) is 1.63. The van der Waals surface area contributed by atoms with E-state index in [-0.39, 0.29) is 12.0 Å². The molecule has 0 aromatic heterocycles. The fourth-order valence-corrected chi connectivity index (χ4v) is 1.59. The number of carbonyl (C=O) groups excluding carboxylic acids is 1. The van der Waals surface area contributed by atoms with E-state index in [0.29, 0.717) is 25.5 Å². The first-order chi connectivity index (χ1) is 6.72. The minimum atomic E-state index is -0.134. The number of hydrogen-bond donors (Lipinski definition) is 2. The van der Waals surface area contributed by atoms with Gasteiger partial charge in [0.15, 0.2) is 0 Å². The molecule has 0 bridgehead atoms. The van der Waals surface area contributed by atoms with Gasteiger partial charge in [-0.05, 0) is 25.2 Å².